The van der Waals surface area contributed by atoms with Gasteiger partial charge >= 0.3 is 0 Å². The summed E-state index contributed by atoms with van der Waals surface area (Å²) in [4.78, 5) is 24.8. The fraction of sp³-hybridized carbons (Fsp3) is 0.619. The Morgan fingerprint density at radius 1 is 1.26 bits per heavy atom. The first-order chi connectivity index (χ1) is 12.5. The molecule has 27 heavy (non-hydrogen) atoms. The number of halogens is 1. The number of hydrogen-bond donors (Lipinski definition) is 1. The van der Waals surface area contributed by atoms with Gasteiger partial charge in [0.2, 0.25) is 11.8 Å². The number of rotatable bonds is 4. The molecule has 1 aliphatic heterocycles. The van der Waals surface area contributed by atoms with Gasteiger partial charge in [-0.1, -0.05) is 6.07 Å². The SMILES string of the molecule is COC(C)(C)C.Cc1cc(F)c(CCCC(=O)N2CCNC(=O)C2)cc1C. The standard InChI is InChI=1S/C16H21FN2O2.C5H12O/c1-11-8-13(14(17)9-12(11)2)4-3-5-16(21)19-7-6-18-15(20)10-19;1-5(2,3)6-4/h8-9H,3-7,10H2,1-2H3,(H,18,20);1-4H3. The number of methoxy groups -OCH3 is 1. The Labute approximate surface area is 162 Å². The lowest BCUT2D eigenvalue weighted by molar-refractivity contribution is -0.138. The van der Waals surface area contributed by atoms with Gasteiger partial charge in [0.05, 0.1) is 12.1 Å². The van der Waals surface area contributed by atoms with E-state index >= 15 is 0 Å². The van der Waals surface area contributed by atoms with Crippen molar-refractivity contribution in [2.45, 2.75) is 59.5 Å². The minimum absolute atomic E-state index is 0.0332. The third kappa shape index (κ3) is 8.52. The van der Waals surface area contributed by atoms with Crippen LogP contribution in [0.4, 0.5) is 4.39 Å². The Bertz CT molecular complexity index is 654. The number of nitrogens with zero attached hydrogens (tertiary/aromatic N) is 1. The number of hydrogen-bond acceptors (Lipinski definition) is 3. The van der Waals surface area contributed by atoms with E-state index in [4.69, 9.17) is 4.74 Å². The van der Waals surface area contributed by atoms with Gasteiger partial charge in [0.15, 0.2) is 0 Å². The Morgan fingerprint density at radius 3 is 2.41 bits per heavy atom. The fourth-order valence-electron chi connectivity index (χ4n) is 2.47. The summed E-state index contributed by atoms with van der Waals surface area (Å²) in [6.45, 7) is 11.1. The molecule has 0 aromatic heterocycles. The largest absolute Gasteiger partial charge is 0.379 e. The van der Waals surface area contributed by atoms with E-state index in [1.54, 1.807) is 18.1 Å². The summed E-state index contributed by atoms with van der Waals surface area (Å²) in [7, 11) is 1.71. The van der Waals surface area contributed by atoms with Crippen molar-refractivity contribution >= 4 is 11.8 Å². The van der Waals surface area contributed by atoms with Crippen LogP contribution in [0.25, 0.3) is 0 Å². The lowest BCUT2D eigenvalue weighted by Gasteiger charge is -2.26. The molecule has 0 spiro atoms. The Balaban J connectivity index is 0.000000527. The van der Waals surface area contributed by atoms with Gasteiger partial charge in [-0.05, 0) is 70.2 Å². The number of piperazine rings is 1. The van der Waals surface area contributed by atoms with Gasteiger partial charge < -0.3 is 15.0 Å². The molecule has 1 heterocycles. The molecule has 0 aliphatic carbocycles. The second-order valence-corrected chi connectivity index (χ2v) is 7.86. The number of amides is 2. The molecule has 0 radical (unpaired) electrons. The Hall–Kier alpha value is -1.95. The van der Waals surface area contributed by atoms with Gasteiger partial charge in [-0.25, -0.2) is 4.39 Å². The molecular formula is C21H33FN2O3. The first kappa shape index (κ1) is 23.1. The highest BCUT2D eigenvalue weighted by Gasteiger charge is 2.20. The second kappa shape index (κ2) is 10.4. The van der Waals surface area contributed by atoms with E-state index < -0.39 is 0 Å². The average molecular weight is 381 g/mol. The summed E-state index contributed by atoms with van der Waals surface area (Å²) >= 11 is 0. The maximum Gasteiger partial charge on any atom is 0.239 e. The topological polar surface area (TPSA) is 58.6 Å². The van der Waals surface area contributed by atoms with Crippen LogP contribution >= 0.6 is 0 Å². The molecule has 1 N–H and O–H groups in total. The highest BCUT2D eigenvalue weighted by Crippen LogP contribution is 2.17. The van der Waals surface area contributed by atoms with Crippen LogP contribution in [0.5, 0.6) is 0 Å². The van der Waals surface area contributed by atoms with Crippen LogP contribution in [0.1, 0.15) is 50.3 Å². The Kier molecular flexibility index (Phi) is 8.89. The lowest BCUT2D eigenvalue weighted by Crippen LogP contribution is -2.49. The zero-order chi connectivity index (χ0) is 20.6. The summed E-state index contributed by atoms with van der Waals surface area (Å²) < 4.78 is 18.8. The zero-order valence-corrected chi connectivity index (χ0v) is 17.4. The van der Waals surface area contributed by atoms with Gasteiger partial charge in [0.1, 0.15) is 5.82 Å². The normalized spacial score (nSPS) is 14.3. The highest BCUT2D eigenvalue weighted by molar-refractivity contribution is 5.85. The van der Waals surface area contributed by atoms with E-state index in [0.717, 1.165) is 11.1 Å². The van der Waals surface area contributed by atoms with Crippen molar-refractivity contribution in [3.8, 4) is 0 Å². The molecule has 152 valence electrons. The monoisotopic (exact) mass is 380 g/mol. The summed E-state index contributed by atoms with van der Waals surface area (Å²) in [5.74, 6) is -0.355. The van der Waals surface area contributed by atoms with E-state index in [0.29, 0.717) is 37.9 Å². The van der Waals surface area contributed by atoms with Crippen molar-refractivity contribution in [2.24, 2.45) is 0 Å². The maximum atomic E-state index is 13.8. The zero-order valence-electron chi connectivity index (χ0n) is 17.4. The van der Waals surface area contributed by atoms with Gasteiger partial charge in [-0.2, -0.15) is 0 Å². The molecule has 0 atom stereocenters. The Morgan fingerprint density at radius 2 is 1.85 bits per heavy atom. The molecule has 0 bridgehead atoms. The molecule has 1 aromatic rings. The van der Waals surface area contributed by atoms with E-state index in [2.05, 4.69) is 5.32 Å². The van der Waals surface area contributed by atoms with Crippen molar-refractivity contribution < 1.29 is 18.7 Å². The number of ether oxygens (including phenoxy) is 1. The van der Waals surface area contributed by atoms with E-state index in [-0.39, 0.29) is 29.8 Å². The molecule has 1 saturated heterocycles. The minimum Gasteiger partial charge on any atom is -0.379 e. The number of aryl methyl sites for hydroxylation is 3. The first-order valence-corrected chi connectivity index (χ1v) is 9.38. The number of carbonyl (C=O) groups excluding carboxylic acids is 2. The van der Waals surface area contributed by atoms with Gasteiger partial charge in [0.25, 0.3) is 0 Å². The van der Waals surface area contributed by atoms with Gasteiger partial charge in [0, 0.05) is 26.6 Å². The quantitative estimate of drug-likeness (QED) is 0.873. The summed E-state index contributed by atoms with van der Waals surface area (Å²) in [5.41, 5.74) is 2.69. The molecule has 2 rings (SSSR count). The molecule has 6 heteroatoms. The van der Waals surface area contributed by atoms with Gasteiger partial charge in [-0.3, -0.25) is 9.59 Å². The minimum atomic E-state index is -0.206. The molecule has 1 aromatic carbocycles. The summed E-state index contributed by atoms with van der Waals surface area (Å²) in [6, 6.07) is 3.39. The van der Waals surface area contributed by atoms with E-state index in [9.17, 15) is 14.0 Å². The number of carbonyl (C=O) groups is 2. The summed E-state index contributed by atoms with van der Waals surface area (Å²) in [6.07, 6.45) is 1.48. The first-order valence-electron chi connectivity index (χ1n) is 9.38. The van der Waals surface area contributed by atoms with Crippen molar-refractivity contribution in [3.05, 3.63) is 34.6 Å². The van der Waals surface area contributed by atoms with Crippen molar-refractivity contribution in [2.75, 3.05) is 26.7 Å². The fourth-order valence-corrected chi connectivity index (χ4v) is 2.47. The van der Waals surface area contributed by atoms with E-state index in [1.807, 2.05) is 40.7 Å². The van der Waals surface area contributed by atoms with Crippen molar-refractivity contribution in [1.29, 1.82) is 0 Å². The number of nitrogens with one attached hydrogen (secondary N) is 1. The third-order valence-electron chi connectivity index (χ3n) is 4.50. The molecule has 5 nitrogen and oxygen atoms in total. The second-order valence-electron chi connectivity index (χ2n) is 7.86. The molecule has 1 aliphatic rings. The molecular weight excluding hydrogens is 347 g/mol. The van der Waals surface area contributed by atoms with Crippen LogP contribution in [-0.4, -0.2) is 49.1 Å². The van der Waals surface area contributed by atoms with Crippen LogP contribution in [0.2, 0.25) is 0 Å². The van der Waals surface area contributed by atoms with Crippen LogP contribution in [0.3, 0.4) is 0 Å². The number of benzene rings is 1. The average Bonchev–Trinajstić information content (AvgIpc) is 2.59. The molecule has 2 amide bonds. The van der Waals surface area contributed by atoms with E-state index in [1.165, 1.54) is 0 Å². The molecule has 0 unspecified atom stereocenters. The van der Waals surface area contributed by atoms with Crippen LogP contribution in [-0.2, 0) is 20.7 Å². The third-order valence-corrected chi connectivity index (χ3v) is 4.50. The summed E-state index contributed by atoms with van der Waals surface area (Å²) in [5, 5.41) is 2.69. The van der Waals surface area contributed by atoms with Crippen LogP contribution in [0.15, 0.2) is 12.1 Å². The van der Waals surface area contributed by atoms with Gasteiger partial charge in [-0.15, -0.1) is 0 Å². The van der Waals surface area contributed by atoms with Crippen LogP contribution in [0, 0.1) is 19.7 Å². The van der Waals surface area contributed by atoms with Crippen molar-refractivity contribution in [3.63, 3.8) is 0 Å². The maximum absolute atomic E-state index is 13.8. The lowest BCUT2D eigenvalue weighted by atomic mass is 10.0. The smallest absolute Gasteiger partial charge is 0.239 e. The predicted molar refractivity (Wildman–Crippen MR) is 105 cm³/mol. The predicted octanol–water partition coefficient (Wildman–Crippen LogP) is 3.15. The van der Waals surface area contributed by atoms with Crippen LogP contribution < -0.4 is 5.32 Å². The highest BCUT2D eigenvalue weighted by atomic mass is 19.1. The van der Waals surface area contributed by atoms with Crippen molar-refractivity contribution in [1.82, 2.24) is 10.2 Å². The molecule has 0 saturated carbocycles. The molecule has 1 fully saturated rings.